The Labute approximate surface area is 264 Å². The summed E-state index contributed by atoms with van der Waals surface area (Å²) in [6, 6.07) is 19.0. The number of hydrogen-bond donors (Lipinski definition) is 2. The first kappa shape index (κ1) is 33.2. The Balaban J connectivity index is 1.51. The molecule has 10 nitrogen and oxygen atoms in total. The van der Waals surface area contributed by atoms with E-state index in [1.165, 1.54) is 13.2 Å². The Kier molecular flexibility index (Phi) is 11.0. The van der Waals surface area contributed by atoms with Crippen LogP contribution in [0.4, 0.5) is 21.9 Å². The highest BCUT2D eigenvalue weighted by Gasteiger charge is 2.44. The van der Waals surface area contributed by atoms with Gasteiger partial charge in [-0.25, -0.2) is 18.9 Å². The molecule has 3 aromatic rings. The van der Waals surface area contributed by atoms with Gasteiger partial charge in [0.05, 0.1) is 19.7 Å². The summed E-state index contributed by atoms with van der Waals surface area (Å²) >= 11 is 0. The third-order valence-electron chi connectivity index (χ3n) is 8.45. The monoisotopic (exact) mass is 615 g/mol. The fraction of sp³-hybridized carbons (Fsp3) is 0.371. The summed E-state index contributed by atoms with van der Waals surface area (Å²) < 4.78 is 10.8. The van der Waals surface area contributed by atoms with Gasteiger partial charge in [0.25, 0.3) is 5.91 Å². The van der Waals surface area contributed by atoms with E-state index >= 15 is 0 Å². The van der Waals surface area contributed by atoms with E-state index < -0.39 is 12.0 Å². The number of aryl methyl sites for hydroxylation is 2. The third-order valence-corrected chi connectivity index (χ3v) is 8.45. The van der Waals surface area contributed by atoms with Crippen LogP contribution in [0.15, 0.2) is 66.7 Å². The zero-order chi connectivity index (χ0) is 32.6. The highest BCUT2D eigenvalue weighted by Crippen LogP contribution is 2.39. The maximum absolute atomic E-state index is 14.1. The van der Waals surface area contributed by atoms with Crippen LogP contribution in [-0.2, 0) is 14.3 Å². The number of carbonyl (C=O) groups excluding carboxylic acids is 4. The molecule has 1 unspecified atom stereocenters. The van der Waals surface area contributed by atoms with Crippen LogP contribution in [0, 0.1) is 13.8 Å². The number of nitrogens with zero attached hydrogens (tertiary/aromatic N) is 2. The van der Waals surface area contributed by atoms with Gasteiger partial charge in [-0.1, -0.05) is 30.7 Å². The quantitative estimate of drug-likeness (QED) is 0.222. The molecule has 45 heavy (non-hydrogen) atoms. The van der Waals surface area contributed by atoms with Gasteiger partial charge in [0, 0.05) is 37.3 Å². The molecule has 1 aliphatic rings. The molecule has 1 fully saturated rings. The number of para-hydroxylation sites is 2. The Morgan fingerprint density at radius 1 is 0.911 bits per heavy atom. The minimum atomic E-state index is -0.579. The van der Waals surface area contributed by atoms with Crippen LogP contribution in [0.25, 0.3) is 0 Å². The number of urea groups is 1. The number of ether oxygens (including phenoxy) is 2. The number of benzene rings is 3. The first-order valence-electron chi connectivity index (χ1n) is 15.2. The molecule has 3 aromatic carbocycles. The zero-order valence-electron chi connectivity index (χ0n) is 26.7. The highest BCUT2D eigenvalue weighted by atomic mass is 16.5. The number of rotatable bonds is 10. The molecule has 1 saturated carbocycles. The number of nitrogens with one attached hydrogen (secondary N) is 2. The van der Waals surface area contributed by atoms with E-state index in [0.717, 1.165) is 48.9 Å². The summed E-state index contributed by atoms with van der Waals surface area (Å²) in [5.41, 5.74) is 4.24. The van der Waals surface area contributed by atoms with E-state index in [1.807, 2.05) is 51.2 Å². The number of esters is 1. The second-order valence-corrected chi connectivity index (χ2v) is 11.7. The smallest absolute Gasteiger partial charge is 0.338 e. The molecule has 1 atom stereocenters. The molecule has 0 saturated heterocycles. The lowest BCUT2D eigenvalue weighted by Gasteiger charge is -2.41. The molecular formula is C35H43N4O6+. The van der Waals surface area contributed by atoms with Crippen molar-refractivity contribution >= 4 is 40.9 Å². The van der Waals surface area contributed by atoms with Crippen molar-refractivity contribution in [3.05, 3.63) is 83.4 Å². The first-order chi connectivity index (χ1) is 21.5. The maximum atomic E-state index is 14.1. The Morgan fingerprint density at radius 3 is 2.29 bits per heavy atom. The average molecular weight is 616 g/mol. The highest BCUT2D eigenvalue weighted by molar-refractivity contribution is 5.98. The summed E-state index contributed by atoms with van der Waals surface area (Å²) in [7, 11) is 4.87. The van der Waals surface area contributed by atoms with Crippen molar-refractivity contribution in [2.45, 2.75) is 52.0 Å². The molecule has 10 heteroatoms. The van der Waals surface area contributed by atoms with Gasteiger partial charge in [-0.05, 0) is 74.2 Å². The van der Waals surface area contributed by atoms with Crippen molar-refractivity contribution in [1.82, 2.24) is 9.80 Å². The lowest BCUT2D eigenvalue weighted by Crippen LogP contribution is -2.61. The molecule has 0 heterocycles. The van der Waals surface area contributed by atoms with E-state index in [4.69, 9.17) is 9.47 Å². The molecule has 1 aliphatic carbocycles. The summed E-state index contributed by atoms with van der Waals surface area (Å²) in [5, 5.41) is 5.37. The molecule has 238 valence electrons. The summed E-state index contributed by atoms with van der Waals surface area (Å²) in [6.45, 7) is 3.54. The van der Waals surface area contributed by atoms with Gasteiger partial charge < -0.3 is 25.0 Å². The largest absolute Gasteiger partial charge is 0.477 e. The van der Waals surface area contributed by atoms with Gasteiger partial charge in [-0.3, -0.25) is 4.79 Å². The second kappa shape index (κ2) is 14.9. The summed E-state index contributed by atoms with van der Waals surface area (Å²) in [5.74, 6) is -0.503. The van der Waals surface area contributed by atoms with Crippen molar-refractivity contribution in [2.24, 2.45) is 0 Å². The molecule has 0 spiro atoms. The van der Waals surface area contributed by atoms with Crippen LogP contribution >= 0.6 is 0 Å². The Hall–Kier alpha value is -4.70. The molecule has 0 aliphatic heterocycles. The normalized spacial score (nSPS) is 14.5. The number of methoxy groups -OCH3 is 1. The topological polar surface area (TPSA) is 114 Å². The van der Waals surface area contributed by atoms with Crippen LogP contribution < -0.4 is 24.8 Å². The predicted molar refractivity (Wildman–Crippen MR) is 176 cm³/mol. The van der Waals surface area contributed by atoms with E-state index in [1.54, 1.807) is 36.2 Å². The van der Waals surface area contributed by atoms with E-state index in [-0.39, 0.29) is 35.5 Å². The van der Waals surface area contributed by atoms with Gasteiger partial charge in [-0.2, -0.15) is 0 Å². The number of likely N-dealkylation sites (N-methyl/N-ethyl adjacent to an activating group) is 2. The van der Waals surface area contributed by atoms with Gasteiger partial charge in [-0.15, -0.1) is 0 Å². The number of anilines is 2. The van der Waals surface area contributed by atoms with Gasteiger partial charge in [0.2, 0.25) is 0 Å². The Morgan fingerprint density at radius 2 is 1.60 bits per heavy atom. The fourth-order valence-electron chi connectivity index (χ4n) is 5.96. The molecule has 0 radical (unpaired) electrons. The second-order valence-electron chi connectivity index (χ2n) is 11.7. The zero-order valence-corrected chi connectivity index (χ0v) is 26.7. The van der Waals surface area contributed by atoms with Crippen LogP contribution in [0.5, 0.6) is 5.75 Å². The van der Waals surface area contributed by atoms with Gasteiger partial charge in [0.1, 0.15) is 12.6 Å². The maximum Gasteiger partial charge on any atom is 0.338 e. The van der Waals surface area contributed by atoms with Crippen LogP contribution in [0.3, 0.4) is 0 Å². The lowest BCUT2D eigenvalue weighted by molar-refractivity contribution is -0.130. The standard InChI is InChI=1S/C35H42N4O6/c1-24-18-25(2)20-28(19-24)38(3)32(40)23-45-31-17-10-9-16-30(31)39(4,29-14-7-6-8-15-29)33(41)22-36-35(43)37-27-13-11-12-26(21-27)34(42)44-5/h9-13,16-21,29H,6-8,14-15,22-23H2,1-5H3,(H-,36,37,43)/p+1. The third kappa shape index (κ3) is 8.07. The van der Waals surface area contributed by atoms with Gasteiger partial charge in [0.15, 0.2) is 18.0 Å². The van der Waals surface area contributed by atoms with Crippen molar-refractivity contribution in [2.75, 3.05) is 44.6 Å². The molecule has 4 amide bonds. The van der Waals surface area contributed by atoms with Crippen LogP contribution in [0.1, 0.15) is 53.6 Å². The molecule has 0 aromatic heterocycles. The van der Waals surface area contributed by atoms with Crippen molar-refractivity contribution in [3.63, 3.8) is 0 Å². The van der Waals surface area contributed by atoms with Crippen molar-refractivity contribution in [3.8, 4) is 5.75 Å². The first-order valence-corrected chi connectivity index (χ1v) is 15.2. The molecule has 0 bridgehead atoms. The number of amides is 4. The average Bonchev–Trinajstić information content (AvgIpc) is 3.05. The summed E-state index contributed by atoms with van der Waals surface area (Å²) in [4.78, 5) is 53.5. The number of carbonyl (C=O) groups is 4. The van der Waals surface area contributed by atoms with E-state index in [9.17, 15) is 19.2 Å². The van der Waals surface area contributed by atoms with Crippen LogP contribution in [-0.4, -0.2) is 64.2 Å². The Bertz CT molecular complexity index is 1530. The molecule has 4 rings (SSSR count). The molecule has 2 N–H and O–H groups in total. The molecular weight excluding hydrogens is 572 g/mol. The predicted octanol–water partition coefficient (Wildman–Crippen LogP) is 5.75. The SMILES string of the molecule is COC(=O)c1cccc(NC(=O)NCC(=O)[N+](C)(c2ccccc2OCC(=O)N(C)c2cc(C)cc(C)c2)C2CCCCC2)c1. The number of hydrogen-bond acceptors (Lipinski definition) is 6. The minimum Gasteiger partial charge on any atom is -0.477 e. The fourth-order valence-corrected chi connectivity index (χ4v) is 5.96. The van der Waals surface area contributed by atoms with Crippen molar-refractivity contribution in [1.29, 1.82) is 0 Å². The summed E-state index contributed by atoms with van der Waals surface area (Å²) in [6.07, 6.45) is 4.79. The lowest BCUT2D eigenvalue weighted by atomic mass is 9.91. The van der Waals surface area contributed by atoms with Crippen LogP contribution in [0.2, 0.25) is 0 Å². The van der Waals surface area contributed by atoms with Gasteiger partial charge >= 0.3 is 17.9 Å². The van der Waals surface area contributed by atoms with E-state index in [2.05, 4.69) is 16.7 Å². The number of quaternary nitrogens is 1. The van der Waals surface area contributed by atoms with E-state index in [0.29, 0.717) is 22.7 Å². The van der Waals surface area contributed by atoms with Crippen molar-refractivity contribution < 1.29 is 28.7 Å². The minimum absolute atomic E-state index is 0.0220.